The molecular formula is C12H13BrFN3O. The molecule has 0 radical (unpaired) electrons. The lowest BCUT2D eigenvalue weighted by Gasteiger charge is -2.23. The molecule has 0 aliphatic heterocycles. The molecule has 0 bridgehead atoms. The average molecular weight is 314 g/mol. The fourth-order valence-electron chi connectivity index (χ4n) is 2.03. The van der Waals surface area contributed by atoms with Gasteiger partial charge in [0.05, 0.1) is 0 Å². The van der Waals surface area contributed by atoms with Gasteiger partial charge in [-0.2, -0.15) is 0 Å². The summed E-state index contributed by atoms with van der Waals surface area (Å²) in [6, 6.07) is 6.18. The van der Waals surface area contributed by atoms with Gasteiger partial charge in [0, 0.05) is 13.5 Å². The maximum atomic E-state index is 13.1. The largest absolute Gasteiger partial charge is 0.383 e. The summed E-state index contributed by atoms with van der Waals surface area (Å²) in [6.07, 6.45) is 0.282. The van der Waals surface area contributed by atoms with Crippen molar-refractivity contribution >= 4 is 15.9 Å². The molecule has 0 aliphatic carbocycles. The zero-order valence-corrected chi connectivity index (χ0v) is 11.6. The van der Waals surface area contributed by atoms with Gasteiger partial charge in [0.2, 0.25) is 0 Å². The molecule has 1 unspecified atom stereocenters. The van der Waals surface area contributed by atoms with Crippen molar-refractivity contribution in [3.05, 3.63) is 45.9 Å². The fourth-order valence-corrected chi connectivity index (χ4v) is 2.79. The van der Waals surface area contributed by atoms with Crippen LogP contribution in [-0.4, -0.2) is 20.1 Å². The summed E-state index contributed by atoms with van der Waals surface area (Å²) in [5.41, 5.74) is 0.102. The highest BCUT2D eigenvalue weighted by molar-refractivity contribution is 9.10. The van der Waals surface area contributed by atoms with Crippen LogP contribution in [0.15, 0.2) is 28.9 Å². The minimum absolute atomic E-state index is 0.282. The summed E-state index contributed by atoms with van der Waals surface area (Å²) in [5.74, 6) is -0.314. The Bertz CT molecular complexity index is 549. The van der Waals surface area contributed by atoms with Gasteiger partial charge in [-0.25, -0.2) is 9.07 Å². The Morgan fingerprint density at radius 2 is 2.22 bits per heavy atom. The van der Waals surface area contributed by atoms with Crippen LogP contribution in [0, 0.1) is 5.82 Å². The number of benzene rings is 1. The molecular weight excluding hydrogens is 301 g/mol. The average Bonchev–Trinajstić information content (AvgIpc) is 2.58. The predicted molar refractivity (Wildman–Crippen MR) is 68.4 cm³/mol. The van der Waals surface area contributed by atoms with E-state index in [1.54, 1.807) is 26.1 Å². The number of hydrogen-bond donors (Lipinski definition) is 1. The third kappa shape index (κ3) is 2.59. The lowest BCUT2D eigenvalue weighted by atomic mass is 9.93. The van der Waals surface area contributed by atoms with E-state index in [0.29, 0.717) is 15.9 Å². The second-order valence-electron chi connectivity index (χ2n) is 4.43. The van der Waals surface area contributed by atoms with Crippen molar-refractivity contribution in [2.75, 3.05) is 0 Å². The third-order valence-corrected chi connectivity index (χ3v) is 3.27. The summed E-state index contributed by atoms with van der Waals surface area (Å²) < 4.78 is 15.1. The van der Waals surface area contributed by atoms with E-state index < -0.39 is 5.60 Å². The Morgan fingerprint density at radius 3 is 2.78 bits per heavy atom. The number of rotatable bonds is 3. The number of nitrogens with zero attached hydrogens (tertiary/aromatic N) is 3. The first kappa shape index (κ1) is 13.2. The van der Waals surface area contributed by atoms with E-state index >= 15 is 0 Å². The van der Waals surface area contributed by atoms with Gasteiger partial charge < -0.3 is 5.11 Å². The van der Waals surface area contributed by atoms with Gasteiger partial charge in [0.25, 0.3) is 0 Å². The molecule has 0 fully saturated rings. The van der Waals surface area contributed by atoms with Crippen molar-refractivity contribution in [2.45, 2.75) is 18.9 Å². The number of aromatic nitrogens is 3. The summed E-state index contributed by atoms with van der Waals surface area (Å²) >= 11 is 3.25. The lowest BCUT2D eigenvalue weighted by molar-refractivity contribution is 0.0481. The maximum Gasteiger partial charge on any atom is 0.154 e. The highest BCUT2D eigenvalue weighted by Gasteiger charge is 2.30. The van der Waals surface area contributed by atoms with Crippen molar-refractivity contribution in [3.63, 3.8) is 0 Å². The molecule has 1 aromatic heterocycles. The molecule has 1 atom stereocenters. The second-order valence-corrected chi connectivity index (χ2v) is 5.18. The molecule has 1 aromatic carbocycles. The van der Waals surface area contributed by atoms with Crippen molar-refractivity contribution < 1.29 is 9.50 Å². The van der Waals surface area contributed by atoms with Crippen LogP contribution in [0.25, 0.3) is 0 Å². The first-order valence-electron chi connectivity index (χ1n) is 5.42. The number of aliphatic hydroxyl groups is 1. The van der Waals surface area contributed by atoms with Gasteiger partial charge in [-0.15, -0.1) is 5.10 Å². The van der Waals surface area contributed by atoms with Crippen LogP contribution in [0.3, 0.4) is 0 Å². The molecule has 2 aromatic rings. The SMILES string of the molecule is Cn1nnc(Br)c1C(C)(O)Cc1cccc(F)c1. The van der Waals surface area contributed by atoms with E-state index in [2.05, 4.69) is 26.2 Å². The quantitative estimate of drug-likeness (QED) is 0.944. The van der Waals surface area contributed by atoms with Gasteiger partial charge >= 0.3 is 0 Å². The molecule has 18 heavy (non-hydrogen) atoms. The van der Waals surface area contributed by atoms with Gasteiger partial charge in [-0.3, -0.25) is 0 Å². The molecule has 96 valence electrons. The first-order chi connectivity index (χ1) is 8.40. The smallest absolute Gasteiger partial charge is 0.154 e. The number of aryl methyl sites for hydroxylation is 1. The van der Waals surface area contributed by atoms with Crippen LogP contribution in [0.1, 0.15) is 18.2 Å². The molecule has 1 N–H and O–H groups in total. The Labute approximate surface area is 113 Å². The molecule has 0 saturated carbocycles. The minimum Gasteiger partial charge on any atom is -0.383 e. The monoisotopic (exact) mass is 313 g/mol. The molecule has 6 heteroatoms. The van der Waals surface area contributed by atoms with Gasteiger partial charge in [0.1, 0.15) is 17.1 Å². The zero-order valence-electron chi connectivity index (χ0n) is 10.1. The van der Waals surface area contributed by atoms with E-state index in [1.165, 1.54) is 16.8 Å². The second kappa shape index (κ2) is 4.78. The van der Waals surface area contributed by atoms with Crippen molar-refractivity contribution in [1.29, 1.82) is 0 Å². The summed E-state index contributed by atoms with van der Waals surface area (Å²) in [4.78, 5) is 0. The van der Waals surface area contributed by atoms with Crippen LogP contribution in [0.5, 0.6) is 0 Å². The Kier molecular flexibility index (Phi) is 3.49. The Hall–Kier alpha value is -1.27. The van der Waals surface area contributed by atoms with E-state index in [4.69, 9.17) is 0 Å². The zero-order chi connectivity index (χ0) is 13.3. The molecule has 1 heterocycles. The van der Waals surface area contributed by atoms with Crippen LogP contribution in [0.4, 0.5) is 4.39 Å². The fraction of sp³-hybridized carbons (Fsp3) is 0.333. The lowest BCUT2D eigenvalue weighted by Crippen LogP contribution is -2.28. The van der Waals surface area contributed by atoms with E-state index in [-0.39, 0.29) is 12.2 Å². The molecule has 0 spiro atoms. The molecule has 2 rings (SSSR count). The van der Waals surface area contributed by atoms with Gasteiger partial charge in [-0.05, 0) is 40.5 Å². The van der Waals surface area contributed by atoms with Gasteiger partial charge in [0.15, 0.2) is 4.60 Å². The summed E-state index contributed by atoms with van der Waals surface area (Å²) in [6.45, 7) is 1.65. The summed E-state index contributed by atoms with van der Waals surface area (Å²) in [7, 11) is 1.70. The third-order valence-electron chi connectivity index (χ3n) is 2.73. The minimum atomic E-state index is -1.18. The molecule has 4 nitrogen and oxygen atoms in total. The predicted octanol–water partition coefficient (Wildman–Crippen LogP) is 2.17. The van der Waals surface area contributed by atoms with E-state index in [0.717, 1.165) is 0 Å². The van der Waals surface area contributed by atoms with Crippen LogP contribution >= 0.6 is 15.9 Å². The maximum absolute atomic E-state index is 13.1. The first-order valence-corrected chi connectivity index (χ1v) is 6.22. The van der Waals surface area contributed by atoms with E-state index in [1.807, 2.05) is 0 Å². The Morgan fingerprint density at radius 1 is 1.50 bits per heavy atom. The van der Waals surface area contributed by atoms with Crippen LogP contribution < -0.4 is 0 Å². The van der Waals surface area contributed by atoms with E-state index in [9.17, 15) is 9.50 Å². The van der Waals surface area contributed by atoms with Crippen molar-refractivity contribution in [1.82, 2.24) is 15.0 Å². The van der Waals surface area contributed by atoms with Crippen LogP contribution in [-0.2, 0) is 19.1 Å². The highest BCUT2D eigenvalue weighted by Crippen LogP contribution is 2.29. The molecule has 0 aliphatic rings. The van der Waals surface area contributed by atoms with Gasteiger partial charge in [-0.1, -0.05) is 17.3 Å². The highest BCUT2D eigenvalue weighted by atomic mass is 79.9. The van der Waals surface area contributed by atoms with Crippen molar-refractivity contribution in [3.8, 4) is 0 Å². The van der Waals surface area contributed by atoms with Crippen molar-refractivity contribution in [2.24, 2.45) is 7.05 Å². The summed E-state index contributed by atoms with van der Waals surface area (Å²) in [5, 5.41) is 18.2. The topological polar surface area (TPSA) is 50.9 Å². The standard InChI is InChI=1S/C12H13BrFN3O/c1-12(18,10-11(13)15-16-17(10)2)7-8-4-3-5-9(14)6-8/h3-6,18H,7H2,1-2H3. The number of hydrogen-bond acceptors (Lipinski definition) is 3. The molecule has 0 saturated heterocycles. The van der Waals surface area contributed by atoms with Crippen LogP contribution in [0.2, 0.25) is 0 Å². The normalized spacial score (nSPS) is 14.5. The Balaban J connectivity index is 2.32. The molecule has 0 amide bonds. The number of halogens is 2.